The number of ether oxygens (including phenoxy) is 1. The van der Waals surface area contributed by atoms with E-state index in [9.17, 15) is 20.7 Å². The van der Waals surface area contributed by atoms with Crippen molar-refractivity contribution in [3.05, 3.63) is 41.0 Å². The van der Waals surface area contributed by atoms with Crippen LogP contribution in [0.3, 0.4) is 0 Å². The molecule has 5 nitrogen and oxygen atoms in total. The molecule has 2 aromatic rings. The van der Waals surface area contributed by atoms with Gasteiger partial charge >= 0.3 is 0 Å². The van der Waals surface area contributed by atoms with E-state index in [0.29, 0.717) is 17.7 Å². The zero-order valence-electron chi connectivity index (χ0n) is 10.9. The zero-order valence-corrected chi connectivity index (χ0v) is 10.9. The fraction of sp³-hybridized carbons (Fsp3) is 0.125. The molecule has 3 rings (SSSR count). The van der Waals surface area contributed by atoms with Crippen molar-refractivity contribution in [2.75, 3.05) is 6.61 Å². The van der Waals surface area contributed by atoms with E-state index in [0.717, 1.165) is 23.8 Å². The van der Waals surface area contributed by atoms with E-state index in [2.05, 4.69) is 0 Å². The van der Waals surface area contributed by atoms with Gasteiger partial charge in [0.2, 0.25) is 0 Å². The van der Waals surface area contributed by atoms with Gasteiger partial charge in [-0.25, -0.2) is 0 Å². The first kappa shape index (κ1) is 12.8. The van der Waals surface area contributed by atoms with Crippen LogP contribution < -0.4 is 4.74 Å². The van der Waals surface area contributed by atoms with Crippen molar-refractivity contribution in [3.63, 3.8) is 0 Å². The van der Waals surface area contributed by atoms with Gasteiger partial charge in [0, 0.05) is 18.1 Å². The van der Waals surface area contributed by atoms with Gasteiger partial charge < -0.3 is 14.9 Å². The van der Waals surface area contributed by atoms with Gasteiger partial charge in [-0.1, -0.05) is 6.07 Å². The van der Waals surface area contributed by atoms with Crippen LogP contribution in [-0.2, 0) is 6.42 Å². The van der Waals surface area contributed by atoms with Gasteiger partial charge in [0.15, 0.2) is 11.5 Å². The monoisotopic (exact) mass is 278 g/mol. The molecule has 0 spiro atoms. The van der Waals surface area contributed by atoms with Gasteiger partial charge in [0.05, 0.1) is 18.2 Å². The number of aromatic hydroxyl groups is 2. The van der Waals surface area contributed by atoms with E-state index in [1.807, 2.05) is 18.2 Å². The summed E-state index contributed by atoms with van der Waals surface area (Å²) in [5.74, 6) is -0.196. The van der Waals surface area contributed by atoms with Gasteiger partial charge in [0.25, 0.3) is 0 Å². The summed E-state index contributed by atoms with van der Waals surface area (Å²) >= 11 is 0. The van der Waals surface area contributed by atoms with Gasteiger partial charge in [0.1, 0.15) is 17.4 Å². The van der Waals surface area contributed by atoms with E-state index >= 15 is 0 Å². The van der Waals surface area contributed by atoms with Crippen LogP contribution in [0, 0.1) is 22.7 Å². The molecule has 1 aliphatic rings. The second-order valence-electron chi connectivity index (χ2n) is 4.69. The van der Waals surface area contributed by atoms with Crippen LogP contribution in [0.2, 0.25) is 0 Å². The molecule has 2 N–H and O–H groups in total. The number of nitrogens with zero attached hydrogens (tertiary/aromatic N) is 2. The Kier molecular flexibility index (Phi) is 2.89. The molecule has 0 atom stereocenters. The van der Waals surface area contributed by atoms with Crippen LogP contribution in [0.25, 0.3) is 11.1 Å². The largest absolute Gasteiger partial charge is 0.504 e. The van der Waals surface area contributed by atoms with E-state index in [1.165, 1.54) is 0 Å². The molecule has 0 saturated heterocycles. The summed E-state index contributed by atoms with van der Waals surface area (Å²) in [6, 6.07) is 10.3. The molecule has 102 valence electrons. The molecule has 0 unspecified atom stereocenters. The lowest BCUT2D eigenvalue weighted by molar-refractivity contribution is 0.357. The Hall–Kier alpha value is -3.18. The summed E-state index contributed by atoms with van der Waals surface area (Å²) in [6.07, 6.45) is 0.761. The molecule has 1 heterocycles. The summed E-state index contributed by atoms with van der Waals surface area (Å²) < 4.78 is 5.43. The maximum atomic E-state index is 9.85. The molecule has 0 fully saturated rings. The Morgan fingerprint density at radius 2 is 1.90 bits per heavy atom. The van der Waals surface area contributed by atoms with Gasteiger partial charge in [-0.3, -0.25) is 0 Å². The van der Waals surface area contributed by atoms with Crippen LogP contribution in [-0.4, -0.2) is 16.8 Å². The lowest BCUT2D eigenvalue weighted by Crippen LogP contribution is -1.92. The Labute approximate surface area is 120 Å². The van der Waals surface area contributed by atoms with Crippen LogP contribution in [0.1, 0.15) is 16.7 Å². The van der Waals surface area contributed by atoms with Gasteiger partial charge in [-0.05, 0) is 23.3 Å². The number of hydrogen-bond acceptors (Lipinski definition) is 5. The molecule has 2 aromatic carbocycles. The Morgan fingerprint density at radius 1 is 1.10 bits per heavy atom. The third-order valence-electron chi connectivity index (χ3n) is 3.49. The molecular weight excluding hydrogens is 268 g/mol. The van der Waals surface area contributed by atoms with E-state index in [1.54, 1.807) is 12.1 Å². The molecule has 0 radical (unpaired) electrons. The lowest BCUT2D eigenvalue weighted by atomic mass is 9.92. The topological polar surface area (TPSA) is 97.3 Å². The first-order valence-corrected chi connectivity index (χ1v) is 6.31. The van der Waals surface area contributed by atoms with E-state index < -0.39 is 11.5 Å². The predicted molar refractivity (Wildman–Crippen MR) is 73.8 cm³/mol. The first-order chi connectivity index (χ1) is 10.2. The number of rotatable bonds is 1. The quantitative estimate of drug-likeness (QED) is 0.781. The van der Waals surface area contributed by atoms with Crippen molar-refractivity contribution in [1.82, 2.24) is 0 Å². The maximum Gasteiger partial charge on any atom is 0.176 e. The van der Waals surface area contributed by atoms with Crippen LogP contribution in [0.4, 0.5) is 0 Å². The molecule has 21 heavy (non-hydrogen) atoms. The number of fused-ring (bicyclic) bond motifs is 1. The summed E-state index contributed by atoms with van der Waals surface area (Å²) in [5, 5.41) is 37.9. The van der Waals surface area contributed by atoms with Crippen LogP contribution >= 0.6 is 0 Å². The second-order valence-corrected chi connectivity index (χ2v) is 4.69. The number of nitriles is 2. The highest BCUT2D eigenvalue weighted by atomic mass is 16.5. The average molecular weight is 278 g/mol. The Morgan fingerprint density at radius 3 is 2.62 bits per heavy atom. The fourth-order valence-corrected chi connectivity index (χ4v) is 2.50. The number of phenolic OH excluding ortho intramolecular Hbond substituents is 2. The predicted octanol–water partition coefficient (Wildman–Crippen LogP) is 2.44. The minimum absolute atomic E-state index is 0.106. The molecule has 0 saturated carbocycles. The normalized spacial score (nSPS) is 12.1. The Bertz CT molecular complexity index is 829. The third kappa shape index (κ3) is 1.92. The van der Waals surface area contributed by atoms with Crippen molar-refractivity contribution < 1.29 is 14.9 Å². The first-order valence-electron chi connectivity index (χ1n) is 6.31. The van der Waals surface area contributed by atoms with E-state index in [4.69, 9.17) is 4.74 Å². The summed E-state index contributed by atoms with van der Waals surface area (Å²) in [6.45, 7) is 0.607. The molecular formula is C16H10N2O3. The van der Waals surface area contributed by atoms with Crippen molar-refractivity contribution in [3.8, 4) is 40.5 Å². The summed E-state index contributed by atoms with van der Waals surface area (Å²) in [4.78, 5) is 0. The van der Waals surface area contributed by atoms with Gasteiger partial charge in [-0.2, -0.15) is 10.5 Å². The second kappa shape index (κ2) is 4.73. The smallest absolute Gasteiger partial charge is 0.176 e. The number of benzene rings is 2. The molecule has 0 bridgehead atoms. The number of hydrogen-bond donors (Lipinski definition) is 2. The molecule has 0 aromatic heterocycles. The molecule has 0 aliphatic carbocycles. The standard InChI is InChI=1S/C16H10N2O3/c17-7-11-6-13(19)16(20)12(8-18)15(11)10-1-2-14-9(5-10)3-4-21-14/h1-2,5-6,19-20H,3-4H2. The van der Waals surface area contributed by atoms with Crippen molar-refractivity contribution >= 4 is 0 Å². The van der Waals surface area contributed by atoms with Crippen LogP contribution in [0.5, 0.6) is 17.2 Å². The molecule has 5 heteroatoms. The summed E-state index contributed by atoms with van der Waals surface area (Å²) in [5.41, 5.74) is 1.99. The number of phenols is 2. The Balaban J connectivity index is 2.30. The lowest BCUT2D eigenvalue weighted by Gasteiger charge is -2.11. The SMILES string of the molecule is N#Cc1cc(O)c(O)c(C#N)c1-c1ccc2c(c1)CCO2. The van der Waals surface area contributed by atoms with Crippen LogP contribution in [0.15, 0.2) is 24.3 Å². The molecule has 1 aliphatic heterocycles. The minimum atomic E-state index is -0.511. The van der Waals surface area contributed by atoms with Crippen molar-refractivity contribution in [2.45, 2.75) is 6.42 Å². The zero-order chi connectivity index (χ0) is 15.0. The van der Waals surface area contributed by atoms with Crippen molar-refractivity contribution in [1.29, 1.82) is 10.5 Å². The average Bonchev–Trinajstić information content (AvgIpc) is 2.96. The van der Waals surface area contributed by atoms with E-state index in [-0.39, 0.29) is 11.1 Å². The van der Waals surface area contributed by atoms with Gasteiger partial charge in [-0.15, -0.1) is 0 Å². The fourth-order valence-electron chi connectivity index (χ4n) is 2.50. The third-order valence-corrected chi connectivity index (χ3v) is 3.49. The maximum absolute atomic E-state index is 9.85. The highest BCUT2D eigenvalue weighted by molar-refractivity contribution is 5.82. The highest BCUT2D eigenvalue weighted by Gasteiger charge is 2.21. The highest BCUT2D eigenvalue weighted by Crippen LogP contribution is 2.40. The molecule has 0 amide bonds. The van der Waals surface area contributed by atoms with Crippen molar-refractivity contribution in [2.24, 2.45) is 0 Å². The summed E-state index contributed by atoms with van der Waals surface area (Å²) in [7, 11) is 0. The minimum Gasteiger partial charge on any atom is -0.504 e.